The Bertz CT molecular complexity index is 1100. The number of halogens is 3. The third-order valence-corrected chi connectivity index (χ3v) is 6.54. The van der Waals surface area contributed by atoms with Gasteiger partial charge in [-0.15, -0.1) is 0 Å². The van der Waals surface area contributed by atoms with Gasteiger partial charge < -0.3 is 0 Å². The van der Waals surface area contributed by atoms with Gasteiger partial charge in [0, 0.05) is 20.6 Å². The molecule has 0 bridgehead atoms. The van der Waals surface area contributed by atoms with Crippen molar-refractivity contribution in [1.29, 1.82) is 0 Å². The minimum atomic E-state index is -0.493. The lowest BCUT2D eigenvalue weighted by Gasteiger charge is -2.31. The molecule has 0 saturated carbocycles. The Morgan fingerprint density at radius 1 is 1.00 bits per heavy atom. The minimum absolute atomic E-state index is 0.0548. The molecule has 2 aliphatic rings. The van der Waals surface area contributed by atoms with Gasteiger partial charge in [0.2, 0.25) is 0 Å². The number of nitrogens with zero attached hydrogens (tertiary/aromatic N) is 2. The predicted molar refractivity (Wildman–Crippen MR) is 120 cm³/mol. The van der Waals surface area contributed by atoms with Gasteiger partial charge in [0.1, 0.15) is 0 Å². The van der Waals surface area contributed by atoms with Gasteiger partial charge in [0.05, 0.1) is 18.4 Å². The smallest absolute Gasteiger partial charge is 0.272 e. The monoisotopic (exact) mass is 476 g/mol. The molecule has 8 heteroatoms. The number of fused-ring (bicyclic) bond motifs is 1. The molecule has 1 heterocycles. The summed E-state index contributed by atoms with van der Waals surface area (Å²) in [5.74, 6) is -2.15. The van der Waals surface area contributed by atoms with E-state index < -0.39 is 17.7 Å². The van der Waals surface area contributed by atoms with Crippen LogP contribution in [0.1, 0.15) is 35.7 Å². The number of imide groups is 1. The molecule has 0 N–H and O–H groups in total. The third kappa shape index (κ3) is 4.22. The largest absolute Gasteiger partial charge is 0.273 e. The third-order valence-electron chi connectivity index (χ3n) is 5.70. The number of amides is 3. The van der Waals surface area contributed by atoms with Crippen molar-refractivity contribution in [3.8, 4) is 0 Å². The number of carbonyl (C=O) groups is 3. The molecule has 2 aromatic carbocycles. The van der Waals surface area contributed by atoms with E-state index in [1.807, 2.05) is 13.0 Å². The van der Waals surface area contributed by atoms with E-state index in [-0.39, 0.29) is 18.4 Å². The zero-order valence-electron chi connectivity index (χ0n) is 16.6. The van der Waals surface area contributed by atoms with Crippen LogP contribution in [-0.4, -0.2) is 27.7 Å². The maximum absolute atomic E-state index is 13.4. The molecule has 0 unspecified atom stereocenters. The van der Waals surface area contributed by atoms with Crippen molar-refractivity contribution in [2.75, 3.05) is 0 Å². The molecule has 1 aliphatic heterocycles. The molecule has 2 aromatic rings. The lowest BCUT2D eigenvalue weighted by Crippen LogP contribution is -2.49. The SMILES string of the molecule is CC1=CC[C@H]2C(=O)N(N(Cc3ccc(Cl)cc3Cl)C(=O)c3ccc(Cl)cc3)C(=O)[C@@H]2C1. The van der Waals surface area contributed by atoms with Crippen LogP contribution in [0.2, 0.25) is 15.1 Å². The quantitative estimate of drug-likeness (QED) is 0.429. The van der Waals surface area contributed by atoms with Gasteiger partial charge in [-0.05, 0) is 61.7 Å². The summed E-state index contributed by atoms with van der Waals surface area (Å²) in [7, 11) is 0. The molecule has 160 valence electrons. The molecule has 31 heavy (non-hydrogen) atoms. The maximum Gasteiger partial charge on any atom is 0.273 e. The van der Waals surface area contributed by atoms with Crippen molar-refractivity contribution >= 4 is 52.5 Å². The van der Waals surface area contributed by atoms with Crippen LogP contribution in [0.4, 0.5) is 0 Å². The van der Waals surface area contributed by atoms with Crippen molar-refractivity contribution in [2.24, 2.45) is 11.8 Å². The molecule has 1 aliphatic carbocycles. The van der Waals surface area contributed by atoms with E-state index in [2.05, 4.69) is 0 Å². The van der Waals surface area contributed by atoms with E-state index in [0.717, 1.165) is 10.6 Å². The van der Waals surface area contributed by atoms with Crippen LogP contribution in [0.5, 0.6) is 0 Å². The van der Waals surface area contributed by atoms with Crippen LogP contribution in [0.15, 0.2) is 54.1 Å². The lowest BCUT2D eigenvalue weighted by molar-refractivity contribution is -0.155. The Hall–Kier alpha value is -2.34. The molecule has 0 aromatic heterocycles. The fourth-order valence-corrected chi connectivity index (χ4v) is 4.64. The van der Waals surface area contributed by atoms with Gasteiger partial charge in [0.25, 0.3) is 17.7 Å². The average Bonchev–Trinajstić information content (AvgIpc) is 2.97. The molecule has 4 rings (SSSR count). The van der Waals surface area contributed by atoms with E-state index in [1.54, 1.807) is 42.5 Å². The number of benzene rings is 2. The standard InChI is InChI=1S/C23H19Cl3N2O3/c1-13-2-9-18-19(10-13)23(31)28(22(18)30)27(12-15-5-8-17(25)11-20(15)26)21(29)14-3-6-16(24)7-4-14/h2-8,11,18-19H,9-10,12H2,1H3/t18-,19-/m1/s1. The first-order chi connectivity index (χ1) is 14.8. The summed E-state index contributed by atoms with van der Waals surface area (Å²) >= 11 is 18.3. The lowest BCUT2D eigenvalue weighted by atomic mass is 9.82. The van der Waals surface area contributed by atoms with E-state index in [9.17, 15) is 14.4 Å². The highest BCUT2D eigenvalue weighted by atomic mass is 35.5. The van der Waals surface area contributed by atoms with Gasteiger partial charge in [0.15, 0.2) is 0 Å². The van der Waals surface area contributed by atoms with Crippen molar-refractivity contribution in [2.45, 2.75) is 26.3 Å². The molecule has 1 fully saturated rings. The molecular weight excluding hydrogens is 459 g/mol. The number of hydrazine groups is 1. The topological polar surface area (TPSA) is 57.7 Å². The average molecular weight is 478 g/mol. The first-order valence-corrected chi connectivity index (χ1v) is 10.9. The Morgan fingerprint density at radius 2 is 1.65 bits per heavy atom. The van der Waals surface area contributed by atoms with Gasteiger partial charge in [-0.3, -0.25) is 14.4 Å². The van der Waals surface area contributed by atoms with Crippen molar-refractivity contribution < 1.29 is 14.4 Å². The zero-order chi connectivity index (χ0) is 22.3. The summed E-state index contributed by atoms with van der Waals surface area (Å²) < 4.78 is 0. The van der Waals surface area contributed by atoms with E-state index in [0.29, 0.717) is 39.0 Å². The normalized spacial score (nSPS) is 20.5. The maximum atomic E-state index is 13.4. The van der Waals surface area contributed by atoms with Gasteiger partial charge in [-0.2, -0.15) is 5.01 Å². The van der Waals surface area contributed by atoms with Crippen LogP contribution in [0.25, 0.3) is 0 Å². The summed E-state index contributed by atoms with van der Waals surface area (Å²) in [5.41, 5.74) is 1.94. The molecule has 0 radical (unpaired) electrons. The van der Waals surface area contributed by atoms with Crippen molar-refractivity contribution in [3.05, 3.63) is 80.3 Å². The van der Waals surface area contributed by atoms with Crippen LogP contribution < -0.4 is 0 Å². The molecule has 3 amide bonds. The summed E-state index contributed by atoms with van der Waals surface area (Å²) in [4.78, 5) is 39.9. The number of rotatable bonds is 4. The first-order valence-electron chi connectivity index (χ1n) is 9.81. The summed E-state index contributed by atoms with van der Waals surface area (Å²) in [6, 6.07) is 11.2. The number of hydrogen-bond acceptors (Lipinski definition) is 3. The highest BCUT2D eigenvalue weighted by Gasteiger charge is 2.51. The highest BCUT2D eigenvalue weighted by molar-refractivity contribution is 6.35. The van der Waals surface area contributed by atoms with Crippen molar-refractivity contribution in [1.82, 2.24) is 10.0 Å². The van der Waals surface area contributed by atoms with E-state index in [4.69, 9.17) is 34.8 Å². The Kier molecular flexibility index (Phi) is 6.11. The van der Waals surface area contributed by atoms with E-state index >= 15 is 0 Å². The summed E-state index contributed by atoms with van der Waals surface area (Å²) in [6.07, 6.45) is 2.98. The number of carbonyl (C=O) groups excluding carboxylic acids is 3. The fourth-order valence-electron chi connectivity index (χ4n) is 4.04. The summed E-state index contributed by atoms with van der Waals surface area (Å²) in [5, 5.41) is 3.45. The Morgan fingerprint density at radius 3 is 2.32 bits per heavy atom. The van der Waals surface area contributed by atoms with Crippen molar-refractivity contribution in [3.63, 3.8) is 0 Å². The molecule has 2 atom stereocenters. The molecular formula is C23H19Cl3N2O3. The number of hydrogen-bond donors (Lipinski definition) is 0. The second-order valence-corrected chi connectivity index (χ2v) is 9.08. The first kappa shape index (κ1) is 21.9. The van der Waals surface area contributed by atoms with Crippen LogP contribution >= 0.6 is 34.8 Å². The minimum Gasteiger partial charge on any atom is -0.272 e. The Labute approximate surface area is 195 Å². The molecule has 1 saturated heterocycles. The second-order valence-electron chi connectivity index (χ2n) is 7.80. The van der Waals surface area contributed by atoms with Crippen LogP contribution in [0, 0.1) is 11.8 Å². The van der Waals surface area contributed by atoms with Gasteiger partial charge >= 0.3 is 0 Å². The van der Waals surface area contributed by atoms with Gasteiger partial charge in [-0.25, -0.2) is 5.01 Å². The number of allylic oxidation sites excluding steroid dienone is 2. The highest BCUT2D eigenvalue weighted by Crippen LogP contribution is 2.39. The predicted octanol–water partition coefficient (Wildman–Crippen LogP) is 5.55. The zero-order valence-corrected chi connectivity index (χ0v) is 18.9. The molecule has 0 spiro atoms. The summed E-state index contributed by atoms with van der Waals surface area (Å²) in [6.45, 7) is 1.89. The Balaban J connectivity index is 1.73. The van der Waals surface area contributed by atoms with Crippen LogP contribution in [0.3, 0.4) is 0 Å². The van der Waals surface area contributed by atoms with E-state index in [1.165, 1.54) is 5.01 Å². The van der Waals surface area contributed by atoms with Crippen LogP contribution in [-0.2, 0) is 16.1 Å². The fraction of sp³-hybridized carbons (Fsp3) is 0.261. The molecule has 5 nitrogen and oxygen atoms in total. The van der Waals surface area contributed by atoms with Gasteiger partial charge in [-0.1, -0.05) is 52.5 Å². The second kappa shape index (κ2) is 8.65.